The molecule has 0 atom stereocenters. The lowest BCUT2D eigenvalue weighted by atomic mass is 9.89. The highest BCUT2D eigenvalue weighted by molar-refractivity contribution is 5.90. The van der Waals surface area contributed by atoms with E-state index in [1.807, 2.05) is 6.92 Å². The van der Waals surface area contributed by atoms with Gasteiger partial charge in [-0.3, -0.25) is 4.79 Å². The Balaban J connectivity index is 2.30. The van der Waals surface area contributed by atoms with E-state index in [0.717, 1.165) is 19.4 Å². The molecule has 1 aromatic carbocycles. The summed E-state index contributed by atoms with van der Waals surface area (Å²) >= 11 is 0. The highest BCUT2D eigenvalue weighted by Gasteiger charge is 2.41. The quantitative estimate of drug-likeness (QED) is 0.837. The van der Waals surface area contributed by atoms with Crippen molar-refractivity contribution >= 4 is 5.78 Å². The van der Waals surface area contributed by atoms with Crippen molar-refractivity contribution in [3.05, 3.63) is 35.4 Å². The zero-order valence-corrected chi connectivity index (χ0v) is 10.0. The number of carbonyl (C=O) groups is 1. The minimum absolute atomic E-state index is 0.326. The lowest BCUT2D eigenvalue weighted by molar-refractivity contribution is -0.124. The van der Waals surface area contributed by atoms with Crippen LogP contribution in [-0.2, 0) is 17.6 Å². The van der Waals surface area contributed by atoms with Crippen LogP contribution >= 0.6 is 0 Å². The monoisotopic (exact) mass is 217 g/mol. The number of nitrogens with one attached hydrogen (secondary N) is 1. The molecule has 0 spiro atoms. The lowest BCUT2D eigenvalue weighted by Gasteiger charge is -2.28. The summed E-state index contributed by atoms with van der Waals surface area (Å²) in [5.41, 5.74) is 2.32. The van der Waals surface area contributed by atoms with Crippen LogP contribution in [-0.4, -0.2) is 17.9 Å². The molecule has 2 heteroatoms. The zero-order valence-electron chi connectivity index (χ0n) is 10.0. The van der Waals surface area contributed by atoms with E-state index in [-0.39, 0.29) is 5.54 Å². The van der Waals surface area contributed by atoms with Crippen molar-refractivity contribution < 1.29 is 4.79 Å². The van der Waals surface area contributed by atoms with Gasteiger partial charge in [0.1, 0.15) is 0 Å². The first-order chi connectivity index (χ1) is 7.72. The number of benzene rings is 1. The number of rotatable bonds is 4. The predicted octanol–water partition coefficient (Wildman–Crippen LogP) is 2.11. The van der Waals surface area contributed by atoms with Crippen molar-refractivity contribution in [3.8, 4) is 0 Å². The van der Waals surface area contributed by atoms with Crippen molar-refractivity contribution in [2.45, 2.75) is 38.6 Å². The summed E-state index contributed by atoms with van der Waals surface area (Å²) in [6.07, 6.45) is 2.31. The van der Waals surface area contributed by atoms with Crippen LogP contribution in [0.3, 0.4) is 0 Å². The first-order valence-corrected chi connectivity index (χ1v) is 6.07. The minimum atomic E-state index is -0.326. The van der Waals surface area contributed by atoms with Gasteiger partial charge in [0.05, 0.1) is 5.54 Å². The maximum Gasteiger partial charge on any atom is 0.153 e. The molecule has 1 aliphatic rings. The third-order valence-electron chi connectivity index (χ3n) is 3.47. The van der Waals surface area contributed by atoms with Crippen molar-refractivity contribution in [2.75, 3.05) is 6.54 Å². The molecule has 16 heavy (non-hydrogen) atoms. The normalized spacial score (nSPS) is 17.1. The van der Waals surface area contributed by atoms with Gasteiger partial charge in [-0.05, 0) is 30.5 Å². The molecule has 1 aromatic rings. The van der Waals surface area contributed by atoms with Crippen LogP contribution in [0, 0.1) is 0 Å². The van der Waals surface area contributed by atoms with E-state index in [1.165, 1.54) is 11.1 Å². The van der Waals surface area contributed by atoms with Crippen LogP contribution in [0.25, 0.3) is 0 Å². The molecule has 0 aromatic heterocycles. The third kappa shape index (κ3) is 1.78. The minimum Gasteiger partial charge on any atom is -0.305 e. The summed E-state index contributed by atoms with van der Waals surface area (Å²) in [6, 6.07) is 8.38. The number of Topliss-reactive ketones (excluding diaryl/α,β-unsaturated/α-hetero) is 1. The first kappa shape index (κ1) is 11.3. The molecule has 0 radical (unpaired) electrons. The second-order valence-electron chi connectivity index (χ2n) is 4.51. The van der Waals surface area contributed by atoms with Gasteiger partial charge in [-0.25, -0.2) is 0 Å². The Labute approximate surface area is 97.1 Å². The zero-order chi connectivity index (χ0) is 11.6. The van der Waals surface area contributed by atoms with E-state index in [0.29, 0.717) is 12.2 Å². The van der Waals surface area contributed by atoms with Gasteiger partial charge in [0.25, 0.3) is 0 Å². The van der Waals surface area contributed by atoms with Crippen LogP contribution < -0.4 is 5.32 Å². The Kier molecular flexibility index (Phi) is 3.10. The molecule has 2 rings (SSSR count). The molecule has 0 aliphatic heterocycles. The molecule has 0 saturated heterocycles. The Morgan fingerprint density at radius 1 is 1.25 bits per heavy atom. The number of likely N-dealkylation sites (N-methyl/N-ethyl adjacent to an activating group) is 1. The van der Waals surface area contributed by atoms with Gasteiger partial charge in [-0.2, -0.15) is 0 Å². The fraction of sp³-hybridized carbons (Fsp3) is 0.500. The Morgan fingerprint density at radius 2 is 1.81 bits per heavy atom. The van der Waals surface area contributed by atoms with E-state index in [2.05, 4.69) is 36.5 Å². The topological polar surface area (TPSA) is 29.1 Å². The van der Waals surface area contributed by atoms with Crippen molar-refractivity contribution in [2.24, 2.45) is 0 Å². The molecule has 1 aliphatic carbocycles. The van der Waals surface area contributed by atoms with Gasteiger partial charge in [0.15, 0.2) is 5.78 Å². The third-order valence-corrected chi connectivity index (χ3v) is 3.47. The van der Waals surface area contributed by atoms with E-state index in [9.17, 15) is 4.79 Å². The van der Waals surface area contributed by atoms with Gasteiger partial charge in [0, 0.05) is 6.42 Å². The summed E-state index contributed by atoms with van der Waals surface area (Å²) in [5, 5.41) is 3.41. The molecule has 0 bridgehead atoms. The summed E-state index contributed by atoms with van der Waals surface area (Å²) in [7, 11) is 0. The van der Waals surface area contributed by atoms with Crippen LogP contribution in [0.1, 0.15) is 31.4 Å². The number of ketones is 1. The number of carbonyl (C=O) groups excluding carboxylic acids is 1. The van der Waals surface area contributed by atoms with Crippen LogP contribution in [0.5, 0.6) is 0 Å². The molecular weight excluding hydrogens is 198 g/mol. The van der Waals surface area contributed by atoms with Crippen molar-refractivity contribution in [1.29, 1.82) is 0 Å². The maximum absolute atomic E-state index is 12.1. The lowest BCUT2D eigenvalue weighted by Crippen LogP contribution is -2.52. The second-order valence-corrected chi connectivity index (χ2v) is 4.51. The standard InChI is InChI=1S/C14H19NO/c1-3-13(16)14(15-4-2)9-11-7-5-6-8-12(11)10-14/h5-8,15H,3-4,9-10H2,1-2H3. The Bertz CT molecular complexity index is 372. The SMILES string of the molecule is CCNC1(C(=O)CC)Cc2ccccc2C1. The highest BCUT2D eigenvalue weighted by atomic mass is 16.1. The summed E-state index contributed by atoms with van der Waals surface area (Å²) in [5.74, 6) is 0.338. The molecular formula is C14H19NO. The van der Waals surface area contributed by atoms with Gasteiger partial charge in [-0.1, -0.05) is 38.1 Å². The number of fused-ring (bicyclic) bond motifs is 1. The van der Waals surface area contributed by atoms with Gasteiger partial charge in [-0.15, -0.1) is 0 Å². The molecule has 1 N–H and O–H groups in total. The summed E-state index contributed by atoms with van der Waals surface area (Å²) in [4.78, 5) is 12.1. The van der Waals surface area contributed by atoms with Gasteiger partial charge >= 0.3 is 0 Å². The van der Waals surface area contributed by atoms with Crippen molar-refractivity contribution in [3.63, 3.8) is 0 Å². The largest absolute Gasteiger partial charge is 0.305 e. The smallest absolute Gasteiger partial charge is 0.153 e. The molecule has 0 fully saturated rings. The van der Waals surface area contributed by atoms with Crippen LogP contribution in [0.2, 0.25) is 0 Å². The molecule has 0 amide bonds. The van der Waals surface area contributed by atoms with Gasteiger partial charge < -0.3 is 5.32 Å². The summed E-state index contributed by atoms with van der Waals surface area (Å²) in [6.45, 7) is 4.86. The Morgan fingerprint density at radius 3 is 2.25 bits per heavy atom. The molecule has 0 heterocycles. The average molecular weight is 217 g/mol. The maximum atomic E-state index is 12.1. The van der Waals surface area contributed by atoms with Crippen LogP contribution in [0.15, 0.2) is 24.3 Å². The van der Waals surface area contributed by atoms with E-state index in [4.69, 9.17) is 0 Å². The van der Waals surface area contributed by atoms with Crippen molar-refractivity contribution in [1.82, 2.24) is 5.32 Å². The number of hydrogen-bond donors (Lipinski definition) is 1. The van der Waals surface area contributed by atoms with E-state index >= 15 is 0 Å². The second kappa shape index (κ2) is 4.38. The van der Waals surface area contributed by atoms with E-state index < -0.39 is 0 Å². The number of hydrogen-bond acceptors (Lipinski definition) is 2. The Hall–Kier alpha value is -1.15. The molecule has 0 saturated carbocycles. The summed E-state index contributed by atoms with van der Waals surface area (Å²) < 4.78 is 0. The predicted molar refractivity (Wildman–Crippen MR) is 65.6 cm³/mol. The van der Waals surface area contributed by atoms with E-state index in [1.54, 1.807) is 0 Å². The highest BCUT2D eigenvalue weighted by Crippen LogP contribution is 2.31. The molecule has 86 valence electrons. The van der Waals surface area contributed by atoms with Crippen LogP contribution in [0.4, 0.5) is 0 Å². The first-order valence-electron chi connectivity index (χ1n) is 6.07. The average Bonchev–Trinajstić information content (AvgIpc) is 2.67. The van der Waals surface area contributed by atoms with Gasteiger partial charge in [0.2, 0.25) is 0 Å². The fourth-order valence-electron chi connectivity index (χ4n) is 2.71. The molecule has 2 nitrogen and oxygen atoms in total. The fourth-order valence-corrected chi connectivity index (χ4v) is 2.71. The molecule has 0 unspecified atom stereocenters.